The quantitative estimate of drug-likeness (QED) is 0.643. The van der Waals surface area contributed by atoms with E-state index in [-0.39, 0.29) is 0 Å². The summed E-state index contributed by atoms with van der Waals surface area (Å²) in [6.45, 7) is 3.71. The van der Waals surface area contributed by atoms with E-state index in [1.165, 1.54) is 11.1 Å². The van der Waals surface area contributed by atoms with Crippen molar-refractivity contribution in [2.75, 3.05) is 13.1 Å². The van der Waals surface area contributed by atoms with Crippen molar-refractivity contribution in [3.05, 3.63) is 28.8 Å². The van der Waals surface area contributed by atoms with Crippen molar-refractivity contribution in [1.29, 1.82) is 0 Å². The molecule has 3 N–H and O–H groups in total. The van der Waals surface area contributed by atoms with E-state index in [1.54, 1.807) is 6.07 Å². The summed E-state index contributed by atoms with van der Waals surface area (Å²) in [6, 6.07) is 3.69. The Bertz CT molecular complexity index is 548. The molecule has 3 rings (SSSR count). The minimum absolute atomic E-state index is 0.315. The van der Waals surface area contributed by atoms with Crippen LogP contribution in [0.3, 0.4) is 0 Å². The van der Waals surface area contributed by atoms with Gasteiger partial charge in [-0.15, -0.1) is 0 Å². The van der Waals surface area contributed by atoms with Crippen molar-refractivity contribution < 1.29 is 5.11 Å². The van der Waals surface area contributed by atoms with E-state index in [2.05, 4.69) is 27.8 Å². The zero-order valence-corrected chi connectivity index (χ0v) is 10.3. The van der Waals surface area contributed by atoms with Gasteiger partial charge in [-0.1, -0.05) is 6.07 Å². The van der Waals surface area contributed by atoms with E-state index < -0.39 is 0 Å². The predicted octanol–water partition coefficient (Wildman–Crippen LogP) is 0.900. The number of guanidine groups is 1. The van der Waals surface area contributed by atoms with Crippen LogP contribution in [0.2, 0.25) is 0 Å². The molecule has 1 aliphatic carbocycles. The zero-order valence-electron chi connectivity index (χ0n) is 10.3. The normalized spacial score (nSPS) is 19.6. The molecule has 18 heavy (non-hydrogen) atoms. The van der Waals surface area contributed by atoms with Crippen molar-refractivity contribution in [3.8, 4) is 5.75 Å². The second-order valence-electron chi connectivity index (χ2n) is 4.58. The Labute approximate surface area is 106 Å². The number of phenolic OH excluding ortho intramolecular Hbond substituents is 1. The van der Waals surface area contributed by atoms with Gasteiger partial charge in [0.25, 0.3) is 0 Å². The van der Waals surface area contributed by atoms with Crippen LogP contribution in [-0.2, 0) is 6.42 Å². The Morgan fingerprint density at radius 1 is 1.39 bits per heavy atom. The molecule has 5 nitrogen and oxygen atoms in total. The molecule has 1 aliphatic heterocycles. The molecule has 0 spiro atoms. The van der Waals surface area contributed by atoms with Gasteiger partial charge in [-0.25, -0.2) is 10.4 Å². The van der Waals surface area contributed by atoms with E-state index in [9.17, 15) is 5.11 Å². The van der Waals surface area contributed by atoms with Gasteiger partial charge in [0, 0.05) is 12.1 Å². The molecule has 5 heteroatoms. The average molecular weight is 244 g/mol. The number of hydrazone groups is 1. The van der Waals surface area contributed by atoms with Gasteiger partial charge in [0.2, 0.25) is 5.96 Å². The number of rotatable bonds is 1. The second-order valence-corrected chi connectivity index (χ2v) is 4.58. The smallest absolute Gasteiger partial charge is 0.212 e. The summed E-state index contributed by atoms with van der Waals surface area (Å²) in [5.74, 6) is 1.03. The number of aromatic hydroxyl groups is 1. The van der Waals surface area contributed by atoms with Gasteiger partial charge in [0.1, 0.15) is 5.75 Å². The Hall–Kier alpha value is -2.04. The molecule has 0 atom stereocenters. The standard InChI is InChI=1S/C13H16N4O/c1-8-2-5-11(18)12-9(8)3-4-10(12)16-17-13-14-6-7-15-13/h2,5,18H,3-4,6-7H2,1H3,(H2,14,15,17). The van der Waals surface area contributed by atoms with Crippen molar-refractivity contribution in [3.63, 3.8) is 0 Å². The number of benzene rings is 1. The summed E-state index contributed by atoms with van der Waals surface area (Å²) in [5.41, 5.74) is 7.14. The molecule has 1 aromatic rings. The first kappa shape index (κ1) is 11.1. The fraction of sp³-hybridized carbons (Fsp3) is 0.385. The van der Waals surface area contributed by atoms with Crippen LogP contribution in [0.5, 0.6) is 5.75 Å². The molecule has 0 aromatic heterocycles. The zero-order chi connectivity index (χ0) is 12.5. The highest BCUT2D eigenvalue weighted by Crippen LogP contribution is 2.32. The number of hydrogen-bond donors (Lipinski definition) is 3. The molecule has 0 amide bonds. The molecule has 0 fully saturated rings. The Morgan fingerprint density at radius 2 is 2.28 bits per heavy atom. The Morgan fingerprint density at radius 3 is 3.06 bits per heavy atom. The Kier molecular flexibility index (Phi) is 2.66. The van der Waals surface area contributed by atoms with Crippen molar-refractivity contribution >= 4 is 11.7 Å². The van der Waals surface area contributed by atoms with Gasteiger partial charge in [-0.05, 0) is 37.0 Å². The summed E-state index contributed by atoms with van der Waals surface area (Å²) < 4.78 is 0. The SMILES string of the molecule is Cc1ccc(O)c2c1CCC2=NNC1=NCCN1. The molecule has 0 unspecified atom stereocenters. The summed E-state index contributed by atoms with van der Waals surface area (Å²) in [6.07, 6.45) is 1.80. The Balaban J connectivity index is 1.89. The summed E-state index contributed by atoms with van der Waals surface area (Å²) in [7, 11) is 0. The predicted molar refractivity (Wildman–Crippen MR) is 71.1 cm³/mol. The lowest BCUT2D eigenvalue weighted by atomic mass is 10.0. The third-order valence-corrected chi connectivity index (χ3v) is 3.40. The first-order valence-corrected chi connectivity index (χ1v) is 6.18. The minimum Gasteiger partial charge on any atom is -0.507 e. The van der Waals surface area contributed by atoms with Crippen molar-refractivity contribution in [2.45, 2.75) is 19.8 Å². The number of nitrogens with zero attached hydrogens (tertiary/aromatic N) is 2. The van der Waals surface area contributed by atoms with E-state index in [4.69, 9.17) is 0 Å². The van der Waals surface area contributed by atoms with Gasteiger partial charge < -0.3 is 10.4 Å². The minimum atomic E-state index is 0.315. The fourth-order valence-electron chi connectivity index (χ4n) is 2.46. The van der Waals surface area contributed by atoms with Gasteiger partial charge in [0.05, 0.1) is 12.3 Å². The first-order valence-electron chi connectivity index (χ1n) is 6.18. The van der Waals surface area contributed by atoms with Crippen LogP contribution < -0.4 is 10.7 Å². The summed E-state index contributed by atoms with van der Waals surface area (Å²) in [5, 5.41) is 17.4. The number of aliphatic imine (C=N–C) groups is 1. The highest BCUT2D eigenvalue weighted by molar-refractivity contribution is 6.07. The van der Waals surface area contributed by atoms with Crippen LogP contribution in [0.25, 0.3) is 0 Å². The number of hydrogen-bond acceptors (Lipinski definition) is 5. The summed E-state index contributed by atoms with van der Waals surface area (Å²) in [4.78, 5) is 4.22. The van der Waals surface area contributed by atoms with Crippen LogP contribution >= 0.6 is 0 Å². The molecule has 0 radical (unpaired) electrons. The molecule has 1 aromatic carbocycles. The average Bonchev–Trinajstić information content (AvgIpc) is 3.00. The highest BCUT2D eigenvalue weighted by Gasteiger charge is 2.23. The van der Waals surface area contributed by atoms with Crippen LogP contribution in [0, 0.1) is 6.92 Å². The third-order valence-electron chi connectivity index (χ3n) is 3.40. The molecular formula is C13H16N4O. The largest absolute Gasteiger partial charge is 0.507 e. The highest BCUT2D eigenvalue weighted by atomic mass is 16.3. The maximum absolute atomic E-state index is 9.96. The lowest BCUT2D eigenvalue weighted by Crippen LogP contribution is -2.30. The fourth-order valence-corrected chi connectivity index (χ4v) is 2.46. The molecule has 0 saturated heterocycles. The van der Waals surface area contributed by atoms with Gasteiger partial charge >= 0.3 is 0 Å². The first-order chi connectivity index (χ1) is 8.75. The van der Waals surface area contributed by atoms with Crippen molar-refractivity contribution in [1.82, 2.24) is 10.7 Å². The number of nitrogens with one attached hydrogen (secondary N) is 2. The van der Waals surface area contributed by atoms with E-state index >= 15 is 0 Å². The maximum atomic E-state index is 9.96. The maximum Gasteiger partial charge on any atom is 0.212 e. The number of phenols is 1. The lowest BCUT2D eigenvalue weighted by molar-refractivity contribution is 0.474. The molecule has 1 heterocycles. The van der Waals surface area contributed by atoms with E-state index in [1.807, 2.05) is 6.07 Å². The second kappa shape index (κ2) is 4.33. The lowest BCUT2D eigenvalue weighted by Gasteiger charge is -2.07. The summed E-state index contributed by atoms with van der Waals surface area (Å²) >= 11 is 0. The molecule has 0 bridgehead atoms. The molecular weight excluding hydrogens is 228 g/mol. The van der Waals surface area contributed by atoms with E-state index in [0.29, 0.717) is 11.7 Å². The van der Waals surface area contributed by atoms with Crippen LogP contribution in [0.1, 0.15) is 23.1 Å². The number of fused-ring (bicyclic) bond motifs is 1. The third kappa shape index (κ3) is 1.81. The van der Waals surface area contributed by atoms with E-state index in [0.717, 1.165) is 37.2 Å². The van der Waals surface area contributed by atoms with Crippen LogP contribution in [-0.4, -0.2) is 29.9 Å². The van der Waals surface area contributed by atoms with Gasteiger partial charge in [-0.2, -0.15) is 5.10 Å². The van der Waals surface area contributed by atoms with Crippen LogP contribution in [0.15, 0.2) is 22.2 Å². The van der Waals surface area contributed by atoms with Gasteiger partial charge in [-0.3, -0.25) is 0 Å². The molecule has 94 valence electrons. The molecule has 2 aliphatic rings. The molecule has 0 saturated carbocycles. The van der Waals surface area contributed by atoms with Crippen molar-refractivity contribution in [2.24, 2.45) is 10.1 Å². The van der Waals surface area contributed by atoms with Gasteiger partial charge in [0.15, 0.2) is 0 Å². The topological polar surface area (TPSA) is 69.0 Å². The van der Waals surface area contributed by atoms with Crippen LogP contribution in [0.4, 0.5) is 0 Å². The monoisotopic (exact) mass is 244 g/mol. The number of aryl methyl sites for hydroxylation is 1.